The topological polar surface area (TPSA) is 47.9 Å². The van der Waals surface area contributed by atoms with Gasteiger partial charge in [-0.3, -0.25) is 0 Å². The summed E-state index contributed by atoms with van der Waals surface area (Å²) in [6.45, 7) is 0. The number of ether oxygens (including phenoxy) is 1. The zero-order valence-electron chi connectivity index (χ0n) is 9.75. The molecule has 0 amide bonds. The summed E-state index contributed by atoms with van der Waals surface area (Å²) in [6, 6.07) is 9.65. The van der Waals surface area contributed by atoms with Gasteiger partial charge in [-0.2, -0.15) is 0 Å². The first-order valence-electron chi connectivity index (χ1n) is 5.53. The van der Waals surface area contributed by atoms with Crippen LogP contribution in [-0.2, 0) is 0 Å². The molecular weight excluding hydrogens is 308 g/mol. The number of rotatable bonds is 2. The maximum atomic E-state index is 13.5. The molecule has 0 radical (unpaired) electrons. The monoisotopic (exact) mass is 317 g/mol. The van der Waals surface area contributed by atoms with Gasteiger partial charge < -0.3 is 0 Å². The summed E-state index contributed by atoms with van der Waals surface area (Å²) in [4.78, 5) is 12.5. The van der Waals surface area contributed by atoms with Crippen molar-refractivity contribution < 1.29 is 9.13 Å². The van der Waals surface area contributed by atoms with Crippen LogP contribution in [-0.4, -0.2) is 31.8 Å². The molecule has 0 aliphatic heterocycles. The van der Waals surface area contributed by atoms with Crippen LogP contribution in [0, 0.1) is 5.82 Å². The Labute approximate surface area is 117 Å². The number of nitrogens with zero attached hydrogens (tertiary/aromatic N) is 3. The summed E-state index contributed by atoms with van der Waals surface area (Å²) in [6.07, 6.45) is 1.50. The van der Waals surface area contributed by atoms with E-state index in [4.69, 9.17) is 4.74 Å². The maximum absolute atomic E-state index is 13.5. The molecule has 6 heteroatoms. The van der Waals surface area contributed by atoms with Gasteiger partial charge in [-0.05, 0) is 0 Å². The first-order valence-corrected chi connectivity index (χ1v) is 6.75. The SMILES string of the molecule is Fc1ccccc1Oc1ccc2ncnc([AsH2])c2n1. The summed E-state index contributed by atoms with van der Waals surface area (Å²) in [5.74, 6) is 0.0512. The molecule has 3 aromatic rings. The number of halogens is 1. The van der Waals surface area contributed by atoms with Crippen molar-refractivity contribution in [2.45, 2.75) is 0 Å². The van der Waals surface area contributed by atoms with E-state index in [1.165, 1.54) is 29.2 Å². The molecule has 4 nitrogen and oxygen atoms in total. The van der Waals surface area contributed by atoms with Crippen LogP contribution in [0.15, 0.2) is 42.7 Å². The Bertz CT molecular complexity index is 751. The van der Waals surface area contributed by atoms with E-state index >= 15 is 0 Å². The Hall–Kier alpha value is -2.00. The molecule has 0 saturated heterocycles. The van der Waals surface area contributed by atoms with Crippen molar-refractivity contribution >= 4 is 32.4 Å². The molecule has 0 bridgehead atoms. The van der Waals surface area contributed by atoms with Crippen LogP contribution in [0.1, 0.15) is 0 Å². The van der Waals surface area contributed by atoms with E-state index in [1.807, 2.05) is 0 Å². The summed E-state index contributed by atoms with van der Waals surface area (Å²) >= 11 is 1.35. The molecule has 1 unspecified atom stereocenters. The van der Waals surface area contributed by atoms with Gasteiger partial charge in [0.05, 0.1) is 0 Å². The third kappa shape index (κ3) is 2.42. The standard InChI is InChI=1S/C13H9AsFN3O/c14-13-12-9(16-7-17-13)5-6-11(18-12)19-10-4-2-1-3-8(10)15/h1-7H,14H2. The Morgan fingerprint density at radius 3 is 2.74 bits per heavy atom. The van der Waals surface area contributed by atoms with E-state index in [2.05, 4.69) is 15.0 Å². The summed E-state index contributed by atoms with van der Waals surface area (Å²) in [7, 11) is 0. The van der Waals surface area contributed by atoms with Crippen LogP contribution in [0.2, 0.25) is 0 Å². The second-order valence-electron chi connectivity index (χ2n) is 3.81. The van der Waals surface area contributed by atoms with Crippen molar-refractivity contribution in [1.82, 2.24) is 15.0 Å². The van der Waals surface area contributed by atoms with Gasteiger partial charge in [0, 0.05) is 0 Å². The molecule has 94 valence electrons. The molecule has 1 aromatic carbocycles. The molecule has 0 N–H and O–H groups in total. The normalized spacial score (nSPS) is 10.6. The summed E-state index contributed by atoms with van der Waals surface area (Å²) < 4.78 is 19.7. The van der Waals surface area contributed by atoms with Crippen LogP contribution in [0.4, 0.5) is 4.39 Å². The van der Waals surface area contributed by atoms with Crippen molar-refractivity contribution in [2.24, 2.45) is 0 Å². The molecule has 2 aromatic heterocycles. The Morgan fingerprint density at radius 2 is 1.89 bits per heavy atom. The van der Waals surface area contributed by atoms with Gasteiger partial charge in [0.2, 0.25) is 0 Å². The van der Waals surface area contributed by atoms with Gasteiger partial charge in [0.25, 0.3) is 0 Å². The van der Waals surface area contributed by atoms with Crippen molar-refractivity contribution in [3.8, 4) is 11.6 Å². The first-order chi connectivity index (χ1) is 9.24. The van der Waals surface area contributed by atoms with Gasteiger partial charge in [0.1, 0.15) is 0 Å². The number of para-hydroxylation sites is 1. The third-order valence-corrected chi connectivity index (χ3v) is 3.42. The molecule has 0 saturated carbocycles. The van der Waals surface area contributed by atoms with Crippen LogP contribution in [0.25, 0.3) is 11.0 Å². The fourth-order valence-electron chi connectivity index (χ4n) is 1.64. The predicted octanol–water partition coefficient (Wildman–Crippen LogP) is 1.21. The quantitative estimate of drug-likeness (QED) is 0.667. The van der Waals surface area contributed by atoms with Crippen LogP contribution < -0.4 is 9.22 Å². The molecule has 3 rings (SSSR count). The van der Waals surface area contributed by atoms with Crippen molar-refractivity contribution in [2.75, 3.05) is 0 Å². The predicted molar refractivity (Wildman–Crippen MR) is 72.0 cm³/mol. The Morgan fingerprint density at radius 1 is 1.05 bits per heavy atom. The molecule has 0 spiro atoms. The summed E-state index contributed by atoms with van der Waals surface area (Å²) in [5.41, 5.74) is 1.42. The molecule has 0 aliphatic carbocycles. The zero-order chi connectivity index (χ0) is 13.2. The number of pyridine rings is 1. The van der Waals surface area contributed by atoms with Crippen LogP contribution in [0.5, 0.6) is 11.6 Å². The van der Waals surface area contributed by atoms with Gasteiger partial charge in [-0.15, -0.1) is 0 Å². The molecule has 2 heterocycles. The third-order valence-electron chi connectivity index (χ3n) is 2.54. The van der Waals surface area contributed by atoms with E-state index in [-0.39, 0.29) is 5.75 Å². The second-order valence-corrected chi connectivity index (χ2v) is 4.96. The second kappa shape index (κ2) is 4.94. The Balaban J connectivity index is 2.02. The molecule has 1 atom stereocenters. The number of aromatic nitrogens is 3. The van der Waals surface area contributed by atoms with E-state index < -0.39 is 5.82 Å². The molecule has 0 fully saturated rings. The van der Waals surface area contributed by atoms with Crippen LogP contribution >= 0.6 is 0 Å². The van der Waals surface area contributed by atoms with Gasteiger partial charge in [-0.25, -0.2) is 0 Å². The molecular formula is C13H9AsFN3O. The molecule has 0 aliphatic rings. The van der Waals surface area contributed by atoms with Gasteiger partial charge in [-0.1, -0.05) is 0 Å². The average molecular weight is 317 g/mol. The summed E-state index contributed by atoms with van der Waals surface area (Å²) in [5, 5.41) is 0. The van der Waals surface area contributed by atoms with Crippen molar-refractivity contribution in [1.29, 1.82) is 0 Å². The number of hydrogen-bond acceptors (Lipinski definition) is 4. The number of benzene rings is 1. The van der Waals surface area contributed by atoms with E-state index in [1.54, 1.807) is 30.3 Å². The zero-order valence-corrected chi connectivity index (χ0v) is 12.2. The van der Waals surface area contributed by atoms with Gasteiger partial charge >= 0.3 is 117 Å². The Kier molecular flexibility index (Phi) is 3.13. The van der Waals surface area contributed by atoms with Crippen molar-refractivity contribution in [3.05, 3.63) is 48.5 Å². The first kappa shape index (κ1) is 12.1. The van der Waals surface area contributed by atoms with E-state index in [0.717, 1.165) is 10.00 Å². The number of hydrogen-bond donors (Lipinski definition) is 0. The molecule has 19 heavy (non-hydrogen) atoms. The minimum absolute atomic E-state index is 0.148. The number of fused-ring (bicyclic) bond motifs is 1. The van der Waals surface area contributed by atoms with Crippen molar-refractivity contribution in [3.63, 3.8) is 0 Å². The average Bonchev–Trinajstić information content (AvgIpc) is 2.42. The van der Waals surface area contributed by atoms with Crippen LogP contribution in [0.3, 0.4) is 0 Å². The minimum atomic E-state index is -0.422. The van der Waals surface area contributed by atoms with E-state index in [9.17, 15) is 4.39 Å². The fourth-order valence-corrected chi connectivity index (χ4v) is 2.22. The van der Waals surface area contributed by atoms with Gasteiger partial charge in [0.15, 0.2) is 0 Å². The fraction of sp³-hybridized carbons (Fsp3) is 0. The van der Waals surface area contributed by atoms with E-state index in [0.29, 0.717) is 11.4 Å².